The first kappa shape index (κ1) is 21.1. The van der Waals surface area contributed by atoms with Gasteiger partial charge in [-0.3, -0.25) is 9.59 Å². The largest absolute Gasteiger partial charge is 0.331 e. The van der Waals surface area contributed by atoms with Gasteiger partial charge in [0.1, 0.15) is 6.54 Å². The molecule has 5 heteroatoms. The fourth-order valence-electron chi connectivity index (χ4n) is 4.85. The second-order valence-corrected chi connectivity index (χ2v) is 9.99. The van der Waals surface area contributed by atoms with Crippen LogP contribution in [0, 0.1) is 12.8 Å². The number of carbonyl (C=O) groups is 2. The molecule has 2 heterocycles. The highest BCUT2D eigenvalue weighted by atomic mass is 32.1. The molecule has 30 heavy (non-hydrogen) atoms. The van der Waals surface area contributed by atoms with Crippen molar-refractivity contribution >= 4 is 23.2 Å². The fourth-order valence-corrected chi connectivity index (χ4v) is 5.76. The Morgan fingerprint density at radius 2 is 1.83 bits per heavy atom. The molecule has 4 nitrogen and oxygen atoms in total. The van der Waals surface area contributed by atoms with Crippen LogP contribution in [0.1, 0.15) is 67.1 Å². The van der Waals surface area contributed by atoms with E-state index in [-0.39, 0.29) is 36.4 Å². The molecule has 1 aromatic carbocycles. The second kappa shape index (κ2) is 8.93. The van der Waals surface area contributed by atoms with Gasteiger partial charge in [0.2, 0.25) is 11.8 Å². The van der Waals surface area contributed by atoms with Crippen LogP contribution in [-0.4, -0.2) is 40.7 Å². The number of rotatable bonds is 5. The SMILES string of the molecule is Cc1ccc([C@@H]2c3ccsc3CCN2C(=O)CN(C(=O)C2CCCC2)C(C)C)cc1. The minimum absolute atomic E-state index is 0.0290. The topological polar surface area (TPSA) is 40.6 Å². The summed E-state index contributed by atoms with van der Waals surface area (Å²) in [4.78, 5) is 31.8. The highest BCUT2D eigenvalue weighted by Crippen LogP contribution is 2.38. The summed E-state index contributed by atoms with van der Waals surface area (Å²) < 4.78 is 0. The smallest absolute Gasteiger partial charge is 0.243 e. The van der Waals surface area contributed by atoms with E-state index in [4.69, 9.17) is 0 Å². The van der Waals surface area contributed by atoms with Crippen molar-refractivity contribution in [3.8, 4) is 0 Å². The Bertz CT molecular complexity index is 896. The molecule has 0 N–H and O–H groups in total. The van der Waals surface area contributed by atoms with E-state index in [0.717, 1.165) is 37.7 Å². The molecule has 2 aromatic rings. The molecule has 0 unspecified atom stereocenters. The normalized spacial score (nSPS) is 19.2. The van der Waals surface area contributed by atoms with Gasteiger partial charge in [0.15, 0.2) is 0 Å². The van der Waals surface area contributed by atoms with Crippen molar-refractivity contribution in [2.75, 3.05) is 13.1 Å². The number of amides is 2. The second-order valence-electron chi connectivity index (χ2n) is 8.99. The maximum absolute atomic E-state index is 13.6. The third-order valence-corrected chi connectivity index (χ3v) is 7.59. The Kier molecular flexibility index (Phi) is 6.28. The van der Waals surface area contributed by atoms with Crippen LogP contribution in [-0.2, 0) is 16.0 Å². The van der Waals surface area contributed by atoms with Gasteiger partial charge in [-0.05, 0) is 62.6 Å². The van der Waals surface area contributed by atoms with Gasteiger partial charge in [-0.15, -0.1) is 11.3 Å². The summed E-state index contributed by atoms with van der Waals surface area (Å²) in [5.41, 5.74) is 3.60. The number of hydrogen-bond donors (Lipinski definition) is 0. The van der Waals surface area contributed by atoms with Gasteiger partial charge in [0.25, 0.3) is 0 Å². The number of fused-ring (bicyclic) bond motifs is 1. The Balaban J connectivity index is 1.59. The van der Waals surface area contributed by atoms with Gasteiger partial charge in [-0.1, -0.05) is 42.7 Å². The molecule has 4 rings (SSSR count). The molecule has 1 saturated carbocycles. The quantitative estimate of drug-likeness (QED) is 0.681. The van der Waals surface area contributed by atoms with Crippen molar-refractivity contribution < 1.29 is 9.59 Å². The molecule has 0 spiro atoms. The van der Waals surface area contributed by atoms with Crippen LogP contribution in [0.2, 0.25) is 0 Å². The first-order valence-corrected chi connectivity index (χ1v) is 12.1. The van der Waals surface area contributed by atoms with Gasteiger partial charge < -0.3 is 9.80 Å². The van der Waals surface area contributed by atoms with Crippen LogP contribution in [0.3, 0.4) is 0 Å². The zero-order chi connectivity index (χ0) is 21.3. The van der Waals surface area contributed by atoms with Crippen LogP contribution >= 0.6 is 11.3 Å². The van der Waals surface area contributed by atoms with E-state index in [1.807, 2.05) is 23.6 Å². The summed E-state index contributed by atoms with van der Waals surface area (Å²) in [6.45, 7) is 7.00. The first-order chi connectivity index (χ1) is 14.5. The monoisotopic (exact) mass is 424 g/mol. The van der Waals surface area contributed by atoms with Crippen molar-refractivity contribution in [3.05, 3.63) is 57.3 Å². The fraction of sp³-hybridized carbons (Fsp3) is 0.520. The van der Waals surface area contributed by atoms with E-state index in [9.17, 15) is 9.59 Å². The molecule has 0 bridgehead atoms. The van der Waals surface area contributed by atoms with Crippen molar-refractivity contribution in [2.24, 2.45) is 5.92 Å². The summed E-state index contributed by atoms with van der Waals surface area (Å²) in [7, 11) is 0. The Morgan fingerprint density at radius 3 is 2.50 bits per heavy atom. The molecule has 2 aliphatic rings. The van der Waals surface area contributed by atoms with Crippen LogP contribution in [0.15, 0.2) is 35.7 Å². The van der Waals surface area contributed by atoms with Crippen molar-refractivity contribution in [2.45, 2.75) is 65.0 Å². The average Bonchev–Trinajstić information content (AvgIpc) is 3.43. The van der Waals surface area contributed by atoms with E-state index in [1.165, 1.54) is 16.0 Å². The lowest BCUT2D eigenvalue weighted by Gasteiger charge is -2.38. The third kappa shape index (κ3) is 4.18. The first-order valence-electron chi connectivity index (χ1n) is 11.2. The number of benzene rings is 1. The molecule has 1 aliphatic carbocycles. The lowest BCUT2D eigenvalue weighted by atomic mass is 9.92. The molecular formula is C25H32N2O2S. The molecule has 2 amide bonds. The average molecular weight is 425 g/mol. The Morgan fingerprint density at radius 1 is 1.13 bits per heavy atom. The molecular weight excluding hydrogens is 392 g/mol. The summed E-state index contributed by atoms with van der Waals surface area (Å²) in [5.74, 6) is 0.311. The zero-order valence-electron chi connectivity index (χ0n) is 18.3. The predicted octanol–water partition coefficient (Wildman–Crippen LogP) is 4.96. The predicted molar refractivity (Wildman–Crippen MR) is 122 cm³/mol. The van der Waals surface area contributed by atoms with Crippen molar-refractivity contribution in [3.63, 3.8) is 0 Å². The minimum Gasteiger partial charge on any atom is -0.331 e. The van der Waals surface area contributed by atoms with Crippen LogP contribution in [0.25, 0.3) is 0 Å². The minimum atomic E-state index is -0.0660. The summed E-state index contributed by atoms with van der Waals surface area (Å²) in [6, 6.07) is 10.6. The van der Waals surface area contributed by atoms with Crippen LogP contribution in [0.4, 0.5) is 0 Å². The molecule has 1 aliphatic heterocycles. The molecule has 160 valence electrons. The number of nitrogens with zero attached hydrogens (tertiary/aromatic N) is 2. The number of carbonyl (C=O) groups excluding carboxylic acids is 2. The number of aryl methyl sites for hydroxylation is 1. The van der Waals surface area contributed by atoms with Gasteiger partial charge in [-0.25, -0.2) is 0 Å². The summed E-state index contributed by atoms with van der Waals surface area (Å²) in [5, 5.41) is 2.13. The van der Waals surface area contributed by atoms with Gasteiger partial charge >= 0.3 is 0 Å². The summed E-state index contributed by atoms with van der Waals surface area (Å²) in [6.07, 6.45) is 5.06. The Hall–Kier alpha value is -2.14. The maximum Gasteiger partial charge on any atom is 0.243 e. The number of hydrogen-bond acceptors (Lipinski definition) is 3. The lowest BCUT2D eigenvalue weighted by Crippen LogP contribution is -2.49. The van der Waals surface area contributed by atoms with Crippen molar-refractivity contribution in [1.29, 1.82) is 0 Å². The lowest BCUT2D eigenvalue weighted by molar-refractivity contribution is -0.145. The molecule has 0 saturated heterocycles. The van der Waals surface area contributed by atoms with Crippen LogP contribution < -0.4 is 0 Å². The van der Waals surface area contributed by atoms with E-state index < -0.39 is 0 Å². The molecule has 1 atom stereocenters. The highest BCUT2D eigenvalue weighted by molar-refractivity contribution is 7.10. The van der Waals surface area contributed by atoms with E-state index >= 15 is 0 Å². The summed E-state index contributed by atoms with van der Waals surface area (Å²) >= 11 is 1.78. The van der Waals surface area contributed by atoms with Crippen molar-refractivity contribution in [1.82, 2.24) is 9.80 Å². The van der Waals surface area contributed by atoms with Crippen LogP contribution in [0.5, 0.6) is 0 Å². The van der Waals surface area contributed by atoms with E-state index in [1.54, 1.807) is 11.3 Å². The number of thiophene rings is 1. The molecule has 0 radical (unpaired) electrons. The van der Waals surface area contributed by atoms with E-state index in [0.29, 0.717) is 6.54 Å². The molecule has 1 aromatic heterocycles. The third-order valence-electron chi connectivity index (χ3n) is 6.60. The highest BCUT2D eigenvalue weighted by Gasteiger charge is 2.36. The van der Waals surface area contributed by atoms with Gasteiger partial charge in [0, 0.05) is 23.4 Å². The van der Waals surface area contributed by atoms with E-state index in [2.05, 4.69) is 42.6 Å². The molecule has 1 fully saturated rings. The standard InChI is InChI=1S/C25H32N2O2S/c1-17(2)27(25(29)20-6-4-5-7-20)16-23(28)26-14-12-22-21(13-15-30-22)24(26)19-10-8-18(3)9-11-19/h8-11,13,15,17,20,24H,4-7,12,14,16H2,1-3H3/t24-/m1/s1. The zero-order valence-corrected chi connectivity index (χ0v) is 19.1. The maximum atomic E-state index is 13.6. The van der Waals surface area contributed by atoms with Gasteiger partial charge in [0.05, 0.1) is 6.04 Å². The van der Waals surface area contributed by atoms with Gasteiger partial charge in [-0.2, -0.15) is 0 Å². The Labute approximate surface area is 183 Å².